The lowest BCUT2D eigenvalue weighted by Crippen LogP contribution is -2.57. The molecule has 1 aromatic carbocycles. The van der Waals surface area contributed by atoms with Crippen LogP contribution in [0.15, 0.2) is 49.6 Å². The third kappa shape index (κ3) is 4.58. The van der Waals surface area contributed by atoms with Gasteiger partial charge in [-0.1, -0.05) is 30.4 Å². The topological polar surface area (TPSA) is 52.7 Å². The molecular formula is C23H30FN3O2. The fourth-order valence-electron chi connectivity index (χ4n) is 4.67. The van der Waals surface area contributed by atoms with Crippen LogP contribution in [-0.2, 0) is 16.1 Å². The molecule has 0 bridgehead atoms. The summed E-state index contributed by atoms with van der Waals surface area (Å²) in [6.07, 6.45) is 7.06. The van der Waals surface area contributed by atoms with E-state index in [-0.39, 0.29) is 29.6 Å². The summed E-state index contributed by atoms with van der Waals surface area (Å²) in [7, 11) is 0. The van der Waals surface area contributed by atoms with Gasteiger partial charge in [-0.05, 0) is 31.7 Å². The van der Waals surface area contributed by atoms with Gasteiger partial charge in [0.25, 0.3) is 0 Å². The molecule has 2 heterocycles. The number of piperazine rings is 1. The average molecular weight is 400 g/mol. The predicted molar refractivity (Wildman–Crippen MR) is 112 cm³/mol. The molecule has 6 heteroatoms. The molecule has 2 saturated heterocycles. The van der Waals surface area contributed by atoms with Crippen molar-refractivity contribution in [1.29, 1.82) is 0 Å². The Morgan fingerprint density at radius 1 is 1.24 bits per heavy atom. The van der Waals surface area contributed by atoms with Gasteiger partial charge in [0.1, 0.15) is 5.82 Å². The summed E-state index contributed by atoms with van der Waals surface area (Å²) < 4.78 is 14.1. The normalized spacial score (nSPS) is 21.6. The van der Waals surface area contributed by atoms with E-state index >= 15 is 0 Å². The number of likely N-dealkylation sites (tertiary alicyclic amines) is 1. The number of halogens is 1. The predicted octanol–water partition coefficient (Wildman–Crippen LogP) is 3.03. The fourth-order valence-corrected chi connectivity index (χ4v) is 4.67. The van der Waals surface area contributed by atoms with Crippen LogP contribution >= 0.6 is 0 Å². The van der Waals surface area contributed by atoms with Gasteiger partial charge in [-0.3, -0.25) is 14.5 Å². The van der Waals surface area contributed by atoms with Crippen LogP contribution in [0, 0.1) is 5.82 Å². The number of rotatable bonds is 8. The molecule has 156 valence electrons. The number of benzene rings is 1. The second-order valence-electron chi connectivity index (χ2n) is 7.93. The van der Waals surface area contributed by atoms with E-state index in [9.17, 15) is 14.0 Å². The van der Waals surface area contributed by atoms with Crippen LogP contribution in [0.25, 0.3) is 0 Å². The molecule has 2 aliphatic heterocycles. The van der Waals surface area contributed by atoms with Crippen LogP contribution in [0.4, 0.5) is 4.39 Å². The number of nitrogens with zero attached hydrogens (tertiary/aromatic N) is 2. The number of amides is 2. The summed E-state index contributed by atoms with van der Waals surface area (Å²) in [5.74, 6) is -0.496. The van der Waals surface area contributed by atoms with Crippen molar-refractivity contribution in [3.05, 3.63) is 61.0 Å². The van der Waals surface area contributed by atoms with Crippen LogP contribution in [0.1, 0.15) is 37.7 Å². The Labute approximate surface area is 172 Å². The third-order valence-corrected chi connectivity index (χ3v) is 6.09. The molecule has 0 aromatic heterocycles. The minimum atomic E-state index is -0.596. The summed E-state index contributed by atoms with van der Waals surface area (Å²) >= 11 is 0. The maximum absolute atomic E-state index is 14.1. The van der Waals surface area contributed by atoms with Crippen molar-refractivity contribution in [1.82, 2.24) is 15.1 Å². The van der Waals surface area contributed by atoms with E-state index in [2.05, 4.69) is 18.5 Å². The van der Waals surface area contributed by atoms with E-state index in [4.69, 9.17) is 0 Å². The van der Waals surface area contributed by atoms with E-state index in [1.54, 1.807) is 18.2 Å². The van der Waals surface area contributed by atoms with Gasteiger partial charge in [0.05, 0.1) is 12.5 Å². The maximum Gasteiger partial charge on any atom is 0.237 e. The molecule has 0 aliphatic carbocycles. The van der Waals surface area contributed by atoms with Gasteiger partial charge in [-0.25, -0.2) is 4.39 Å². The van der Waals surface area contributed by atoms with Gasteiger partial charge in [0, 0.05) is 37.3 Å². The molecule has 29 heavy (non-hydrogen) atoms. The van der Waals surface area contributed by atoms with Crippen molar-refractivity contribution in [2.24, 2.45) is 0 Å². The average Bonchev–Trinajstić information content (AvgIpc) is 3.10. The second kappa shape index (κ2) is 9.35. The molecule has 2 amide bonds. The van der Waals surface area contributed by atoms with Crippen LogP contribution in [-0.4, -0.2) is 52.8 Å². The Hall–Kier alpha value is -2.47. The first kappa shape index (κ1) is 21.2. The van der Waals surface area contributed by atoms with Crippen LogP contribution in [0.5, 0.6) is 0 Å². The van der Waals surface area contributed by atoms with Crippen LogP contribution < -0.4 is 5.32 Å². The summed E-state index contributed by atoms with van der Waals surface area (Å²) in [6.45, 7) is 9.80. The number of carbonyl (C=O) groups is 2. The highest BCUT2D eigenvalue weighted by molar-refractivity contribution is 5.89. The molecule has 2 fully saturated rings. The molecule has 0 unspecified atom stereocenters. The molecule has 0 radical (unpaired) electrons. The van der Waals surface area contributed by atoms with Crippen molar-refractivity contribution in [3.63, 3.8) is 0 Å². The first-order chi connectivity index (χ1) is 14.0. The van der Waals surface area contributed by atoms with Gasteiger partial charge < -0.3 is 10.2 Å². The smallest absolute Gasteiger partial charge is 0.237 e. The summed E-state index contributed by atoms with van der Waals surface area (Å²) in [5.41, 5.74) is 0.246. The van der Waals surface area contributed by atoms with Crippen molar-refractivity contribution < 1.29 is 14.0 Å². The zero-order chi connectivity index (χ0) is 20.9. The van der Waals surface area contributed by atoms with Crippen LogP contribution in [0.3, 0.4) is 0 Å². The summed E-state index contributed by atoms with van der Waals surface area (Å²) in [4.78, 5) is 29.7. The molecule has 3 rings (SSSR count). The highest BCUT2D eigenvalue weighted by Crippen LogP contribution is 2.37. The van der Waals surface area contributed by atoms with E-state index in [1.807, 2.05) is 22.0 Å². The zero-order valence-electron chi connectivity index (χ0n) is 16.9. The van der Waals surface area contributed by atoms with Gasteiger partial charge in [0.15, 0.2) is 0 Å². The minimum Gasteiger partial charge on any atom is -0.353 e. The number of hydrogen-bond donors (Lipinski definition) is 1. The molecule has 1 N–H and O–H groups in total. The first-order valence-electron chi connectivity index (χ1n) is 10.3. The van der Waals surface area contributed by atoms with E-state index in [0.717, 1.165) is 12.8 Å². The summed E-state index contributed by atoms with van der Waals surface area (Å²) in [5, 5.41) is 2.85. The summed E-state index contributed by atoms with van der Waals surface area (Å²) in [6, 6.07) is 5.98. The largest absolute Gasteiger partial charge is 0.353 e. The van der Waals surface area contributed by atoms with Crippen molar-refractivity contribution in [2.45, 2.75) is 50.2 Å². The maximum atomic E-state index is 14.1. The van der Waals surface area contributed by atoms with Crippen molar-refractivity contribution in [3.8, 4) is 0 Å². The van der Waals surface area contributed by atoms with E-state index in [0.29, 0.717) is 44.6 Å². The van der Waals surface area contributed by atoms with Gasteiger partial charge in [0.2, 0.25) is 11.8 Å². The molecular weight excluding hydrogens is 369 g/mol. The lowest BCUT2D eigenvalue weighted by molar-refractivity contribution is -0.141. The Morgan fingerprint density at radius 2 is 1.97 bits per heavy atom. The first-order valence-corrected chi connectivity index (χ1v) is 10.3. The van der Waals surface area contributed by atoms with Gasteiger partial charge >= 0.3 is 0 Å². The van der Waals surface area contributed by atoms with Gasteiger partial charge in [-0.15, -0.1) is 13.2 Å². The van der Waals surface area contributed by atoms with E-state index in [1.165, 1.54) is 6.07 Å². The lowest BCUT2D eigenvalue weighted by atomic mass is 9.87. The number of hydrogen-bond acceptors (Lipinski definition) is 3. The fraction of sp³-hybridized carbons (Fsp3) is 0.478. The van der Waals surface area contributed by atoms with E-state index < -0.39 is 6.04 Å². The van der Waals surface area contributed by atoms with Crippen molar-refractivity contribution >= 4 is 11.8 Å². The molecule has 2 aliphatic rings. The molecule has 0 saturated carbocycles. The Balaban J connectivity index is 1.77. The number of carbonyl (C=O) groups excluding carboxylic acids is 2. The van der Waals surface area contributed by atoms with Crippen LogP contribution in [0.2, 0.25) is 0 Å². The highest BCUT2D eigenvalue weighted by Gasteiger charge is 2.43. The van der Waals surface area contributed by atoms with Gasteiger partial charge in [-0.2, -0.15) is 0 Å². The quantitative estimate of drug-likeness (QED) is 0.684. The lowest BCUT2D eigenvalue weighted by Gasteiger charge is -2.40. The highest BCUT2D eigenvalue weighted by atomic mass is 19.1. The molecule has 1 atom stereocenters. The zero-order valence-corrected chi connectivity index (χ0v) is 16.9. The Kier molecular flexibility index (Phi) is 6.85. The molecule has 5 nitrogen and oxygen atoms in total. The second-order valence-corrected chi connectivity index (χ2v) is 7.93. The molecule has 1 aromatic rings. The van der Waals surface area contributed by atoms with Crippen molar-refractivity contribution in [2.75, 3.05) is 19.6 Å². The molecule has 0 spiro atoms. The minimum absolute atomic E-state index is 0.0354. The third-order valence-electron chi connectivity index (χ3n) is 6.09. The standard InChI is InChI=1S/C23H30FN3O2/c1-3-10-23(11-4-2)12-7-14-27(23)21(28)16-20-22(29)25-13-15-26(20)17-18-8-5-6-9-19(18)24/h3-6,8-9,20H,1-2,7,10-17H2,(H,25,29)/t20-/m1/s1. The Morgan fingerprint density at radius 3 is 2.66 bits per heavy atom. The SMILES string of the molecule is C=CCC1(CC=C)CCCN1C(=O)C[C@@H]1C(=O)NCCN1Cc1ccccc1F. The monoisotopic (exact) mass is 399 g/mol. The number of nitrogens with one attached hydrogen (secondary N) is 1. The Bertz CT molecular complexity index is 769.